The van der Waals surface area contributed by atoms with E-state index < -0.39 is 0 Å². The van der Waals surface area contributed by atoms with Crippen molar-refractivity contribution in [3.05, 3.63) is 569 Å². The maximum absolute atomic E-state index is 2.47. The molecule has 6 heteroatoms. The van der Waals surface area contributed by atoms with Crippen LogP contribution in [0.25, 0.3) is 210 Å². The predicted octanol–water partition coefficient (Wildman–Crippen LogP) is 38.3. The highest BCUT2D eigenvalue weighted by Crippen LogP contribution is 2.53. The lowest BCUT2D eigenvalue weighted by Crippen LogP contribution is -2.17. The first kappa shape index (κ1) is 86.9. The van der Waals surface area contributed by atoms with Crippen LogP contribution in [0.15, 0.2) is 558 Å². The van der Waals surface area contributed by atoms with Gasteiger partial charge in [0.1, 0.15) is 0 Å². The van der Waals surface area contributed by atoms with Crippen LogP contribution in [-0.2, 0) is 5.41 Å². The molecular formula is C141H98N6. The topological polar surface area (TPSA) is 26.2 Å². The van der Waals surface area contributed by atoms with Crippen LogP contribution in [0.1, 0.15) is 25.0 Å². The molecular weight excluding hydrogens is 1780 g/mol. The van der Waals surface area contributed by atoms with Gasteiger partial charge in [0, 0.05) is 105 Å². The van der Waals surface area contributed by atoms with Gasteiger partial charge in [-0.3, -0.25) is 0 Å². The third kappa shape index (κ3) is 15.5. The Balaban J connectivity index is 0.000000147. The van der Waals surface area contributed by atoms with Gasteiger partial charge in [-0.15, -0.1) is 0 Å². The second kappa shape index (κ2) is 36.4. The zero-order chi connectivity index (χ0) is 97.6. The van der Waals surface area contributed by atoms with E-state index in [0.29, 0.717) is 0 Å². The van der Waals surface area contributed by atoms with Gasteiger partial charge in [-0.05, 0) is 305 Å². The highest BCUT2D eigenvalue weighted by atomic mass is 15.2. The van der Waals surface area contributed by atoms with Crippen molar-refractivity contribution in [3.63, 3.8) is 0 Å². The highest BCUT2D eigenvalue weighted by Gasteiger charge is 2.37. The van der Waals surface area contributed by atoms with Gasteiger partial charge in [0.25, 0.3) is 0 Å². The fourth-order valence-corrected chi connectivity index (χ4v) is 23.0. The van der Waals surface area contributed by atoms with E-state index in [2.05, 4.69) is 600 Å². The van der Waals surface area contributed by atoms with Crippen molar-refractivity contribution in [2.45, 2.75) is 19.3 Å². The average Bonchev–Trinajstić information content (AvgIpc) is 1.54. The van der Waals surface area contributed by atoms with Crippen molar-refractivity contribution in [3.8, 4) is 123 Å². The number of fused-ring (bicyclic) bond motifs is 15. The Labute approximate surface area is 854 Å². The van der Waals surface area contributed by atoms with Crippen LogP contribution in [0.5, 0.6) is 0 Å². The van der Waals surface area contributed by atoms with E-state index in [4.69, 9.17) is 0 Å². The summed E-state index contributed by atoms with van der Waals surface area (Å²) in [6.07, 6.45) is 0. The molecule has 27 aromatic rings. The molecule has 1 aliphatic carbocycles. The molecule has 0 fully saturated rings. The van der Waals surface area contributed by atoms with E-state index in [1.165, 1.54) is 216 Å². The lowest BCUT2D eigenvalue weighted by Gasteiger charge is -2.28. The van der Waals surface area contributed by atoms with Crippen LogP contribution in [0, 0.1) is 0 Å². The van der Waals surface area contributed by atoms with Crippen molar-refractivity contribution < 1.29 is 0 Å². The second-order valence-electron chi connectivity index (χ2n) is 39.1. The number of para-hydroxylation sites is 6. The Morgan fingerprint density at radius 3 is 0.626 bits per heavy atom. The smallest absolute Gasteiger partial charge is 0.0541 e. The van der Waals surface area contributed by atoms with E-state index in [0.717, 1.165) is 39.8 Å². The fraction of sp³-hybridized carbons (Fsp3) is 0.0213. The third-order valence-corrected chi connectivity index (χ3v) is 30.3. The highest BCUT2D eigenvalue weighted by molar-refractivity contribution is 6.15. The normalized spacial score (nSPS) is 12.1. The molecule has 0 amide bonds. The van der Waals surface area contributed by atoms with Gasteiger partial charge in [-0.25, -0.2) is 0 Å². The van der Waals surface area contributed by atoms with Gasteiger partial charge in [-0.1, -0.05) is 378 Å². The molecule has 0 spiro atoms. The van der Waals surface area contributed by atoms with Gasteiger partial charge < -0.3 is 28.1 Å². The Kier molecular flexibility index (Phi) is 21.5. The van der Waals surface area contributed by atoms with Crippen molar-refractivity contribution in [1.29, 1.82) is 0 Å². The maximum atomic E-state index is 2.47. The summed E-state index contributed by atoms with van der Waals surface area (Å²) < 4.78 is 9.61. The molecule has 0 N–H and O–H groups in total. The number of hydrogen-bond acceptors (Lipinski definition) is 2. The van der Waals surface area contributed by atoms with Crippen molar-refractivity contribution in [1.82, 2.24) is 18.3 Å². The van der Waals surface area contributed by atoms with Gasteiger partial charge in [0.2, 0.25) is 0 Å². The van der Waals surface area contributed by atoms with Crippen molar-refractivity contribution in [2.24, 2.45) is 0 Å². The molecule has 0 radical (unpaired) electrons. The molecule has 4 aromatic heterocycles. The van der Waals surface area contributed by atoms with Crippen molar-refractivity contribution in [2.75, 3.05) is 9.80 Å². The molecule has 147 heavy (non-hydrogen) atoms. The monoisotopic (exact) mass is 1870 g/mol. The van der Waals surface area contributed by atoms with Gasteiger partial charge in [0.15, 0.2) is 0 Å². The largest absolute Gasteiger partial charge is 0.311 e. The Hall–Kier alpha value is -19.1. The SMILES string of the molecule is CC1(C)c2cc(N(c3ccc(-c4ccccc4)cc3)c3ccc(-c4ccccc4)cc3)ccc2-c2ccc(-n3c4ccccc4c4cc(-c5ccc(-c6ccc7c(c6)c6ccccc6n7-c6ccccc6)cc5)ccc43)cc21.c1ccc(-c2ccc(N(c3ccc(-c4ccccc4)cc3)c3ccc(-n4c5ccccc5c5cc(-c6ccc(-c7ccc8c(c7)c7ccccc7n8-c7ccccc7)cc6)ccc54)cc3)cc2)cc1. The molecule has 0 aliphatic heterocycles. The summed E-state index contributed by atoms with van der Waals surface area (Å²) in [4.78, 5) is 4.75. The molecule has 0 saturated carbocycles. The third-order valence-electron chi connectivity index (χ3n) is 30.3. The molecule has 0 saturated heterocycles. The van der Waals surface area contributed by atoms with Gasteiger partial charge in [-0.2, -0.15) is 0 Å². The van der Waals surface area contributed by atoms with Crippen LogP contribution in [0.3, 0.4) is 0 Å². The van der Waals surface area contributed by atoms with Crippen molar-refractivity contribution >= 4 is 121 Å². The number of hydrogen-bond donors (Lipinski definition) is 0. The van der Waals surface area contributed by atoms with E-state index in [1.807, 2.05) is 0 Å². The van der Waals surface area contributed by atoms with E-state index in [1.54, 1.807) is 0 Å². The van der Waals surface area contributed by atoms with Crippen LogP contribution >= 0.6 is 0 Å². The average molecular weight is 1880 g/mol. The van der Waals surface area contributed by atoms with Gasteiger partial charge >= 0.3 is 0 Å². The maximum Gasteiger partial charge on any atom is 0.0541 e. The molecule has 0 atom stereocenters. The van der Waals surface area contributed by atoms with Crippen LogP contribution < -0.4 is 9.80 Å². The zero-order valence-electron chi connectivity index (χ0n) is 81.3. The molecule has 28 rings (SSSR count). The second-order valence-corrected chi connectivity index (χ2v) is 39.1. The lowest BCUT2D eigenvalue weighted by atomic mass is 9.82. The minimum Gasteiger partial charge on any atom is -0.311 e. The molecule has 0 unspecified atom stereocenters. The van der Waals surface area contributed by atoms with E-state index >= 15 is 0 Å². The molecule has 4 heterocycles. The van der Waals surface area contributed by atoms with E-state index in [-0.39, 0.29) is 5.41 Å². The lowest BCUT2D eigenvalue weighted by molar-refractivity contribution is 0.660. The zero-order valence-corrected chi connectivity index (χ0v) is 81.3. The first-order valence-corrected chi connectivity index (χ1v) is 50.7. The number of rotatable bonds is 18. The summed E-state index contributed by atoms with van der Waals surface area (Å²) in [7, 11) is 0. The summed E-state index contributed by atoms with van der Waals surface area (Å²) in [5.74, 6) is 0. The fourth-order valence-electron chi connectivity index (χ4n) is 23.0. The first-order valence-electron chi connectivity index (χ1n) is 50.7. The summed E-state index contributed by atoms with van der Waals surface area (Å²) in [5.41, 5.74) is 45.1. The van der Waals surface area contributed by atoms with Crippen LogP contribution in [-0.4, -0.2) is 18.3 Å². The minimum absolute atomic E-state index is 0.262. The van der Waals surface area contributed by atoms with Gasteiger partial charge in [0.05, 0.1) is 44.1 Å². The number of aromatic nitrogens is 4. The van der Waals surface area contributed by atoms with Crippen LogP contribution in [0.4, 0.5) is 34.1 Å². The Bertz CT molecular complexity index is 9480. The molecule has 6 nitrogen and oxygen atoms in total. The summed E-state index contributed by atoms with van der Waals surface area (Å²) in [6.45, 7) is 4.79. The quantitative estimate of drug-likeness (QED) is 0.0856. The van der Waals surface area contributed by atoms with Crippen LogP contribution in [0.2, 0.25) is 0 Å². The Morgan fingerprint density at radius 2 is 0.327 bits per heavy atom. The van der Waals surface area contributed by atoms with E-state index in [9.17, 15) is 0 Å². The minimum atomic E-state index is -0.262. The number of anilines is 6. The molecule has 23 aromatic carbocycles. The number of nitrogens with zero attached hydrogens (tertiary/aromatic N) is 6. The summed E-state index contributed by atoms with van der Waals surface area (Å²) in [6, 6.07) is 204. The predicted molar refractivity (Wildman–Crippen MR) is 621 cm³/mol. The standard InChI is InChI=1S/C75H53N3.C66H45N3/c1-75(2)69-48-61(76(59-36-30-52(31-37-59)50-16-6-3-7-17-50)60-38-32-53(33-39-60)51-18-8-4-9-19-51)40-42-63(69)64-43-41-62(49-70(64)75)78-72-25-15-13-23-66(72)68-47-57(35-45-74(68)78)55-28-26-54(27-29-55)56-34-44-73-67(46-56)65-22-12-14-24-71(65)77(73)58-20-10-5-11-21-58;1-4-14-46(15-5-1)48-28-34-55(35-29-48)67(56-36-30-49(31-37-56)47-16-6-2-7-17-47)57-38-40-58(41-39-57)69-64-23-13-11-21-60(64)62-45-53(33-43-66(62)69)51-26-24-50(25-27-51)52-32-42-65-61(44-52)59-20-10-12-22-63(59)68(65)54-18-8-3-9-19-54/h3-49H,1-2H3;1-45H. The Morgan fingerprint density at radius 1 is 0.136 bits per heavy atom. The molecule has 692 valence electrons. The molecule has 1 aliphatic rings. The molecule has 0 bridgehead atoms. The summed E-state index contributed by atoms with van der Waals surface area (Å²) in [5, 5.41) is 9.99. The first-order chi connectivity index (χ1) is 72.6. The summed E-state index contributed by atoms with van der Waals surface area (Å²) >= 11 is 0. The number of benzene rings is 23.